The average molecular weight is 565 g/mol. The lowest BCUT2D eigenvalue weighted by Crippen LogP contribution is -2.13. The third-order valence-electron chi connectivity index (χ3n) is 7.61. The van der Waals surface area contributed by atoms with Crippen molar-refractivity contribution in [3.8, 4) is 5.75 Å². The van der Waals surface area contributed by atoms with E-state index >= 15 is 0 Å². The molecule has 0 saturated heterocycles. The number of carbonyl (C=O) groups excluding carboxylic acids is 1. The Hall–Kier alpha value is -2.82. The van der Waals surface area contributed by atoms with E-state index in [1.165, 1.54) is 102 Å². The number of benzene rings is 1. The lowest BCUT2D eigenvalue weighted by molar-refractivity contribution is 0.0733. The minimum atomic E-state index is -0.531. The first-order valence-corrected chi connectivity index (χ1v) is 16.6. The van der Waals surface area contributed by atoms with E-state index in [-0.39, 0.29) is 11.2 Å². The highest BCUT2D eigenvalue weighted by Gasteiger charge is 2.10. The van der Waals surface area contributed by atoms with Gasteiger partial charge in [-0.3, -0.25) is 4.79 Å². The quantitative estimate of drug-likeness (QED) is 0.0980. The van der Waals surface area contributed by atoms with Gasteiger partial charge in [-0.05, 0) is 61.4 Å². The minimum Gasteiger partial charge on any atom is -0.419 e. The molecule has 2 aromatic carbocycles. The summed E-state index contributed by atoms with van der Waals surface area (Å²) < 4.78 is 5.42. The van der Waals surface area contributed by atoms with Crippen LogP contribution in [0.2, 0.25) is 0 Å². The van der Waals surface area contributed by atoms with Gasteiger partial charge in [-0.1, -0.05) is 117 Å². The molecule has 0 atom stereocenters. The van der Waals surface area contributed by atoms with Crippen molar-refractivity contribution in [3.05, 3.63) is 64.3 Å². The first-order chi connectivity index (χ1) is 20.1. The Labute approximate surface area is 249 Å². The Morgan fingerprint density at radius 2 is 0.951 bits per heavy atom. The second kappa shape index (κ2) is 22.8. The van der Waals surface area contributed by atoms with Crippen molar-refractivity contribution < 1.29 is 9.53 Å². The fraction of sp³-hybridized carbons (Fsp3) is 0.611. The summed E-state index contributed by atoms with van der Waals surface area (Å²) in [6.07, 6.45) is 24.0. The maximum atomic E-state index is 12.6. The third-order valence-corrected chi connectivity index (χ3v) is 7.61. The number of hydrogen-bond donors (Lipinski definition) is 2. The summed E-state index contributed by atoms with van der Waals surface area (Å²) in [5, 5.41) is 6.72. The van der Waals surface area contributed by atoms with Gasteiger partial charge in [0.05, 0.1) is 5.56 Å². The van der Waals surface area contributed by atoms with Crippen LogP contribution in [0.25, 0.3) is 0 Å². The van der Waals surface area contributed by atoms with Crippen molar-refractivity contribution in [2.24, 2.45) is 0 Å². The number of hydrogen-bond acceptors (Lipinski definition) is 5. The van der Waals surface area contributed by atoms with E-state index < -0.39 is 5.97 Å². The largest absolute Gasteiger partial charge is 0.419 e. The van der Waals surface area contributed by atoms with Crippen molar-refractivity contribution in [2.75, 3.05) is 23.7 Å². The lowest BCUT2D eigenvalue weighted by Gasteiger charge is -2.07. The third kappa shape index (κ3) is 16.3. The average Bonchev–Trinajstić information content (AvgIpc) is 3.16. The predicted molar refractivity (Wildman–Crippen MR) is 176 cm³/mol. The van der Waals surface area contributed by atoms with Crippen molar-refractivity contribution in [1.29, 1.82) is 0 Å². The second-order valence-corrected chi connectivity index (χ2v) is 11.3. The molecule has 0 saturated carbocycles. The Kier molecular flexibility index (Phi) is 19.1. The normalized spacial score (nSPS) is 10.9. The molecular weight excluding hydrogens is 508 g/mol. The topological polar surface area (TPSA) is 67.4 Å². The molecule has 41 heavy (non-hydrogen) atoms. The van der Waals surface area contributed by atoms with E-state index in [4.69, 9.17) is 4.74 Å². The molecule has 0 aromatic heterocycles. The molecule has 0 radical (unpaired) electrons. The Morgan fingerprint density at radius 1 is 0.537 bits per heavy atom. The van der Waals surface area contributed by atoms with Crippen molar-refractivity contribution in [1.82, 2.24) is 0 Å². The highest BCUT2D eigenvalue weighted by atomic mass is 16.5. The zero-order valence-corrected chi connectivity index (χ0v) is 26.0. The van der Waals surface area contributed by atoms with Gasteiger partial charge in [-0.15, -0.1) is 0 Å². The van der Waals surface area contributed by atoms with Gasteiger partial charge in [0.2, 0.25) is 5.43 Å². The fourth-order valence-electron chi connectivity index (χ4n) is 4.95. The van der Waals surface area contributed by atoms with Gasteiger partial charge in [0.15, 0.2) is 5.75 Å². The highest BCUT2D eigenvalue weighted by Crippen LogP contribution is 2.16. The van der Waals surface area contributed by atoms with Gasteiger partial charge in [0.1, 0.15) is 0 Å². The molecule has 0 aliphatic rings. The summed E-state index contributed by atoms with van der Waals surface area (Å²) in [7, 11) is 0. The molecule has 0 aliphatic carbocycles. The molecule has 0 bridgehead atoms. The van der Waals surface area contributed by atoms with Crippen molar-refractivity contribution in [3.63, 3.8) is 0 Å². The van der Waals surface area contributed by atoms with E-state index in [1.807, 2.05) is 12.1 Å². The van der Waals surface area contributed by atoms with Gasteiger partial charge >= 0.3 is 5.97 Å². The molecule has 0 fully saturated rings. The van der Waals surface area contributed by atoms with E-state index in [9.17, 15) is 9.59 Å². The van der Waals surface area contributed by atoms with Crippen molar-refractivity contribution in [2.45, 2.75) is 129 Å². The maximum Gasteiger partial charge on any atom is 0.343 e. The van der Waals surface area contributed by atoms with Crippen LogP contribution in [-0.4, -0.2) is 19.1 Å². The van der Waals surface area contributed by atoms with Crippen LogP contribution in [0.4, 0.5) is 11.4 Å². The summed E-state index contributed by atoms with van der Waals surface area (Å²) >= 11 is 0. The van der Waals surface area contributed by atoms with Crippen LogP contribution >= 0.6 is 0 Å². The van der Waals surface area contributed by atoms with E-state index in [2.05, 4.69) is 24.5 Å². The van der Waals surface area contributed by atoms with Crippen LogP contribution in [0.15, 0.2) is 53.3 Å². The SMILES string of the molecule is CCCCCCCCCCCCCCCCCCNc1ccc(OC(=O)c2ccc(NCCCC)cc2)c(=O)cc1. The summed E-state index contributed by atoms with van der Waals surface area (Å²) in [6, 6.07) is 13.7. The molecule has 0 unspecified atom stereocenters. The van der Waals surface area contributed by atoms with E-state index in [0.717, 1.165) is 43.7 Å². The van der Waals surface area contributed by atoms with E-state index in [1.54, 1.807) is 30.3 Å². The monoisotopic (exact) mass is 564 g/mol. The molecule has 2 aromatic rings. The molecule has 5 heteroatoms. The van der Waals surface area contributed by atoms with Crippen LogP contribution in [-0.2, 0) is 0 Å². The standard InChI is InChI=1S/C36H56N2O3/c1-3-5-7-8-9-10-11-12-13-14-15-16-17-18-19-20-30-38-33-25-27-34(39)35(28-26-33)41-36(40)31-21-23-32(24-22-31)37-29-6-4-2/h21-28,37-38H,3-20,29-30H2,1-2H3. The van der Waals surface area contributed by atoms with Crippen molar-refractivity contribution >= 4 is 17.3 Å². The van der Waals surface area contributed by atoms with Gasteiger partial charge in [0.25, 0.3) is 0 Å². The van der Waals surface area contributed by atoms with Crippen LogP contribution in [0, 0.1) is 0 Å². The van der Waals surface area contributed by atoms with Crippen LogP contribution in [0.3, 0.4) is 0 Å². The van der Waals surface area contributed by atoms with Gasteiger partial charge < -0.3 is 15.4 Å². The molecule has 0 amide bonds. The summed E-state index contributed by atoms with van der Waals surface area (Å²) in [5.74, 6) is -0.494. The van der Waals surface area contributed by atoms with Crippen LogP contribution in [0.5, 0.6) is 5.75 Å². The fourth-order valence-corrected chi connectivity index (χ4v) is 4.95. The van der Waals surface area contributed by atoms with Crippen LogP contribution < -0.4 is 20.8 Å². The number of esters is 1. The number of nitrogens with one attached hydrogen (secondary N) is 2. The number of carbonyl (C=O) groups is 1. The summed E-state index contributed by atoms with van der Waals surface area (Å²) in [5.41, 5.74) is 1.92. The predicted octanol–water partition coefficient (Wildman–Crippen LogP) is 10.2. The second-order valence-electron chi connectivity index (χ2n) is 11.3. The summed E-state index contributed by atoms with van der Waals surface area (Å²) in [6.45, 7) is 6.19. The Morgan fingerprint density at radius 3 is 1.46 bits per heavy atom. The molecule has 2 N–H and O–H groups in total. The number of unbranched alkanes of at least 4 members (excludes halogenated alkanes) is 16. The number of anilines is 2. The first-order valence-electron chi connectivity index (χ1n) is 16.6. The molecule has 228 valence electrons. The highest BCUT2D eigenvalue weighted by molar-refractivity contribution is 5.91. The van der Waals surface area contributed by atoms with Gasteiger partial charge in [-0.25, -0.2) is 4.79 Å². The Bertz CT molecular complexity index is 1010. The van der Waals surface area contributed by atoms with Crippen LogP contribution in [0.1, 0.15) is 140 Å². The smallest absolute Gasteiger partial charge is 0.343 e. The maximum absolute atomic E-state index is 12.6. The molecule has 0 aliphatic heterocycles. The van der Waals surface area contributed by atoms with Gasteiger partial charge in [-0.2, -0.15) is 0 Å². The minimum absolute atomic E-state index is 0.0376. The summed E-state index contributed by atoms with van der Waals surface area (Å²) in [4.78, 5) is 25.0. The molecule has 0 heterocycles. The number of rotatable bonds is 24. The molecule has 5 nitrogen and oxygen atoms in total. The molecular formula is C36H56N2O3. The first kappa shape index (κ1) is 34.4. The molecule has 0 spiro atoms. The Balaban J connectivity index is 1.55. The van der Waals surface area contributed by atoms with Gasteiger partial charge in [0, 0.05) is 24.5 Å². The lowest BCUT2D eigenvalue weighted by atomic mass is 10.0. The zero-order valence-electron chi connectivity index (χ0n) is 26.0. The zero-order chi connectivity index (χ0) is 29.4. The molecule has 2 rings (SSSR count). The van der Waals surface area contributed by atoms with E-state index in [0.29, 0.717) is 5.56 Å². The number of ether oxygens (including phenoxy) is 1.